The van der Waals surface area contributed by atoms with Crippen molar-refractivity contribution in [1.29, 1.82) is 0 Å². The highest BCUT2D eigenvalue weighted by Crippen LogP contribution is 2.39. The van der Waals surface area contributed by atoms with Crippen molar-refractivity contribution in [2.45, 2.75) is 44.8 Å². The molecule has 2 heterocycles. The number of esters is 1. The van der Waals surface area contributed by atoms with Crippen LogP contribution in [0, 0.1) is 5.92 Å². The standard InChI is InChI=1S/C11H16O4/c1-2-14-11(13)6-9(12)8-5-7-3-4-10(8)15-7/h7-8,10H,2-6H2,1H3. The first-order valence-electron chi connectivity index (χ1n) is 5.54. The Bertz CT molecular complexity index is 274. The lowest BCUT2D eigenvalue weighted by molar-refractivity contribution is -0.146. The van der Waals surface area contributed by atoms with E-state index in [9.17, 15) is 9.59 Å². The molecule has 0 aromatic rings. The molecule has 3 atom stereocenters. The fraction of sp³-hybridized carbons (Fsp3) is 0.818. The Morgan fingerprint density at radius 2 is 2.20 bits per heavy atom. The SMILES string of the molecule is CCOC(=O)CC(=O)C1CC2CCC1O2. The van der Waals surface area contributed by atoms with Crippen molar-refractivity contribution >= 4 is 11.8 Å². The number of ketones is 1. The fourth-order valence-corrected chi connectivity index (χ4v) is 2.46. The van der Waals surface area contributed by atoms with Crippen LogP contribution in [0.4, 0.5) is 0 Å². The number of carbonyl (C=O) groups excluding carboxylic acids is 2. The highest BCUT2D eigenvalue weighted by molar-refractivity contribution is 5.97. The molecule has 2 bridgehead atoms. The molecular weight excluding hydrogens is 196 g/mol. The molecule has 0 N–H and O–H groups in total. The highest BCUT2D eigenvalue weighted by Gasteiger charge is 2.44. The molecule has 0 amide bonds. The quantitative estimate of drug-likeness (QED) is 0.517. The average Bonchev–Trinajstić information content (AvgIpc) is 2.78. The molecule has 0 aliphatic carbocycles. The second-order valence-corrected chi connectivity index (χ2v) is 4.16. The topological polar surface area (TPSA) is 52.6 Å². The van der Waals surface area contributed by atoms with E-state index in [0.29, 0.717) is 6.61 Å². The molecule has 4 heteroatoms. The van der Waals surface area contributed by atoms with Gasteiger partial charge in [0.1, 0.15) is 12.2 Å². The predicted molar refractivity (Wildman–Crippen MR) is 52.3 cm³/mol. The molecule has 0 radical (unpaired) electrons. The van der Waals surface area contributed by atoms with Gasteiger partial charge in [-0.3, -0.25) is 9.59 Å². The zero-order valence-corrected chi connectivity index (χ0v) is 8.90. The number of Topliss-reactive ketones (excluding diaryl/α,β-unsaturated/α-hetero) is 1. The second-order valence-electron chi connectivity index (χ2n) is 4.16. The Kier molecular flexibility index (Phi) is 3.05. The lowest BCUT2D eigenvalue weighted by Crippen LogP contribution is -2.27. The van der Waals surface area contributed by atoms with Crippen LogP contribution in [0.3, 0.4) is 0 Å². The first kappa shape index (κ1) is 10.6. The zero-order chi connectivity index (χ0) is 10.8. The summed E-state index contributed by atoms with van der Waals surface area (Å²) in [5, 5.41) is 0. The lowest BCUT2D eigenvalue weighted by atomic mass is 9.85. The maximum Gasteiger partial charge on any atom is 0.313 e. The van der Waals surface area contributed by atoms with E-state index in [-0.39, 0.29) is 30.3 Å². The van der Waals surface area contributed by atoms with Gasteiger partial charge in [-0.1, -0.05) is 0 Å². The summed E-state index contributed by atoms with van der Waals surface area (Å²) in [5.41, 5.74) is 0. The van der Waals surface area contributed by atoms with Gasteiger partial charge in [0.25, 0.3) is 0 Å². The molecule has 0 aromatic heterocycles. The maximum absolute atomic E-state index is 11.7. The van der Waals surface area contributed by atoms with Crippen LogP contribution in [0.1, 0.15) is 32.6 Å². The summed E-state index contributed by atoms with van der Waals surface area (Å²) in [6.45, 7) is 2.07. The lowest BCUT2D eigenvalue weighted by Gasteiger charge is -2.16. The normalized spacial score (nSPS) is 33.0. The molecule has 0 aromatic carbocycles. The van der Waals surface area contributed by atoms with Gasteiger partial charge >= 0.3 is 5.97 Å². The minimum absolute atomic E-state index is 0.0133. The maximum atomic E-state index is 11.7. The summed E-state index contributed by atoms with van der Waals surface area (Å²) in [6, 6.07) is 0. The third-order valence-electron chi connectivity index (χ3n) is 3.14. The Morgan fingerprint density at radius 1 is 1.40 bits per heavy atom. The fourth-order valence-electron chi connectivity index (χ4n) is 2.46. The Balaban J connectivity index is 1.84. The monoisotopic (exact) mass is 212 g/mol. The van der Waals surface area contributed by atoms with Crippen LogP contribution in [0.5, 0.6) is 0 Å². The van der Waals surface area contributed by atoms with E-state index in [0.717, 1.165) is 19.3 Å². The number of fused-ring (bicyclic) bond motifs is 2. The van der Waals surface area contributed by atoms with Crippen LogP contribution in [0.2, 0.25) is 0 Å². The summed E-state index contributed by atoms with van der Waals surface area (Å²) < 4.78 is 10.3. The van der Waals surface area contributed by atoms with Crippen molar-refractivity contribution in [3.63, 3.8) is 0 Å². The molecule has 4 nitrogen and oxygen atoms in total. The smallest absolute Gasteiger partial charge is 0.313 e. The molecule has 0 saturated carbocycles. The van der Waals surface area contributed by atoms with Crippen LogP contribution in [-0.2, 0) is 19.1 Å². The van der Waals surface area contributed by atoms with Crippen molar-refractivity contribution in [2.75, 3.05) is 6.61 Å². The van der Waals surface area contributed by atoms with Crippen molar-refractivity contribution in [3.8, 4) is 0 Å². The molecule has 2 aliphatic heterocycles. The summed E-state index contributed by atoms with van der Waals surface area (Å²) in [5.74, 6) is -0.487. The van der Waals surface area contributed by atoms with E-state index in [2.05, 4.69) is 0 Å². The van der Waals surface area contributed by atoms with E-state index in [1.54, 1.807) is 6.92 Å². The van der Waals surface area contributed by atoms with Crippen LogP contribution in [0.25, 0.3) is 0 Å². The van der Waals surface area contributed by atoms with Crippen molar-refractivity contribution < 1.29 is 19.1 Å². The van der Waals surface area contributed by atoms with E-state index >= 15 is 0 Å². The first-order chi connectivity index (χ1) is 7.20. The molecule has 0 spiro atoms. The number of hydrogen-bond donors (Lipinski definition) is 0. The number of hydrogen-bond acceptors (Lipinski definition) is 4. The summed E-state index contributed by atoms with van der Waals surface area (Å²) in [6.07, 6.45) is 3.05. The highest BCUT2D eigenvalue weighted by atomic mass is 16.5. The average molecular weight is 212 g/mol. The van der Waals surface area contributed by atoms with Gasteiger partial charge in [0.15, 0.2) is 0 Å². The summed E-state index contributed by atoms with van der Waals surface area (Å²) in [4.78, 5) is 22.9. The Labute approximate surface area is 88.9 Å². The number of ether oxygens (including phenoxy) is 2. The number of carbonyl (C=O) groups is 2. The van der Waals surface area contributed by atoms with Crippen LogP contribution in [-0.4, -0.2) is 30.6 Å². The molecule has 2 fully saturated rings. The molecule has 3 unspecified atom stereocenters. The van der Waals surface area contributed by atoms with E-state index in [1.165, 1.54) is 0 Å². The molecular formula is C11H16O4. The Morgan fingerprint density at radius 3 is 2.73 bits per heavy atom. The van der Waals surface area contributed by atoms with Crippen molar-refractivity contribution in [3.05, 3.63) is 0 Å². The summed E-state index contributed by atoms with van der Waals surface area (Å²) in [7, 11) is 0. The van der Waals surface area contributed by atoms with Gasteiger partial charge in [-0.15, -0.1) is 0 Å². The van der Waals surface area contributed by atoms with Gasteiger partial charge in [-0.05, 0) is 26.2 Å². The molecule has 2 rings (SSSR count). The Hall–Kier alpha value is -0.900. The molecule has 2 saturated heterocycles. The van der Waals surface area contributed by atoms with Crippen molar-refractivity contribution in [1.82, 2.24) is 0 Å². The third-order valence-corrected chi connectivity index (χ3v) is 3.14. The third kappa shape index (κ3) is 2.20. The summed E-state index contributed by atoms with van der Waals surface area (Å²) >= 11 is 0. The van der Waals surface area contributed by atoms with Gasteiger partial charge in [0, 0.05) is 5.92 Å². The van der Waals surface area contributed by atoms with Crippen molar-refractivity contribution in [2.24, 2.45) is 5.92 Å². The van der Waals surface area contributed by atoms with Gasteiger partial charge in [0.05, 0.1) is 18.8 Å². The molecule has 15 heavy (non-hydrogen) atoms. The minimum atomic E-state index is -0.412. The zero-order valence-electron chi connectivity index (χ0n) is 8.90. The van der Waals surface area contributed by atoms with Crippen LogP contribution >= 0.6 is 0 Å². The van der Waals surface area contributed by atoms with E-state index in [4.69, 9.17) is 9.47 Å². The van der Waals surface area contributed by atoms with Gasteiger partial charge in [0.2, 0.25) is 0 Å². The second kappa shape index (κ2) is 4.31. The van der Waals surface area contributed by atoms with Gasteiger partial charge in [-0.25, -0.2) is 0 Å². The van der Waals surface area contributed by atoms with Gasteiger partial charge in [-0.2, -0.15) is 0 Å². The van der Waals surface area contributed by atoms with E-state index in [1.807, 2.05) is 0 Å². The minimum Gasteiger partial charge on any atom is -0.466 e. The first-order valence-corrected chi connectivity index (χ1v) is 5.54. The van der Waals surface area contributed by atoms with Crippen LogP contribution < -0.4 is 0 Å². The van der Waals surface area contributed by atoms with E-state index < -0.39 is 5.97 Å². The van der Waals surface area contributed by atoms with Crippen LogP contribution in [0.15, 0.2) is 0 Å². The largest absolute Gasteiger partial charge is 0.466 e. The van der Waals surface area contributed by atoms with Gasteiger partial charge < -0.3 is 9.47 Å². The predicted octanol–water partition coefficient (Wildman–Crippen LogP) is 1.08. The number of rotatable bonds is 4. The molecule has 84 valence electrons. The molecule has 2 aliphatic rings.